The Hall–Kier alpha value is -2.38. The molecule has 1 amide bonds. The lowest BCUT2D eigenvalue weighted by atomic mass is 10.3. The average molecular weight is 411 g/mol. The van der Waals surface area contributed by atoms with E-state index in [9.17, 15) is 4.79 Å². The molecule has 0 bridgehead atoms. The Morgan fingerprint density at radius 1 is 1.14 bits per heavy atom. The topological polar surface area (TPSA) is 51.0 Å². The van der Waals surface area contributed by atoms with Crippen molar-refractivity contribution < 1.29 is 4.79 Å². The van der Waals surface area contributed by atoms with Crippen LogP contribution >= 0.6 is 23.1 Å². The molecule has 5 nitrogen and oxygen atoms in total. The number of hydrogen-bond donors (Lipinski definition) is 0. The van der Waals surface area contributed by atoms with E-state index in [2.05, 4.69) is 23.6 Å². The molecule has 0 radical (unpaired) electrons. The smallest absolute Gasteiger partial charge is 0.233 e. The molecular weight excluding hydrogens is 388 g/mol. The molecule has 0 saturated carbocycles. The van der Waals surface area contributed by atoms with Crippen molar-refractivity contribution in [2.45, 2.75) is 31.6 Å². The van der Waals surface area contributed by atoms with Gasteiger partial charge in [0.2, 0.25) is 5.91 Å². The summed E-state index contributed by atoms with van der Waals surface area (Å²) >= 11 is 3.14. The van der Waals surface area contributed by atoms with Crippen LogP contribution in [0.3, 0.4) is 0 Å². The summed E-state index contributed by atoms with van der Waals surface area (Å²) in [5.41, 5.74) is 3.06. The standard InChI is InChI=1S/C21H22N4OS2/c1-4-25-17-11-7-5-9-15(17)23-21(25)27-13-19(26)24(3)14(2)20-22-16-10-6-8-12-18(16)28-20/h5-12,14H,4,13H2,1-3H3/t14-/m1/s1. The summed E-state index contributed by atoms with van der Waals surface area (Å²) in [5, 5.41) is 1.85. The maximum absolute atomic E-state index is 12.8. The van der Waals surface area contributed by atoms with Crippen molar-refractivity contribution in [1.29, 1.82) is 0 Å². The highest BCUT2D eigenvalue weighted by molar-refractivity contribution is 7.99. The lowest BCUT2D eigenvalue weighted by Crippen LogP contribution is -2.31. The maximum Gasteiger partial charge on any atom is 0.233 e. The van der Waals surface area contributed by atoms with Gasteiger partial charge >= 0.3 is 0 Å². The fraction of sp³-hybridized carbons (Fsp3) is 0.286. The Labute approximate surface area is 172 Å². The van der Waals surface area contributed by atoms with Gasteiger partial charge < -0.3 is 9.47 Å². The Balaban J connectivity index is 1.47. The van der Waals surface area contributed by atoms with Crippen LogP contribution in [0.5, 0.6) is 0 Å². The van der Waals surface area contributed by atoms with E-state index in [1.165, 1.54) is 11.8 Å². The predicted octanol–water partition coefficient (Wildman–Crippen LogP) is 4.98. The molecule has 0 aliphatic rings. The summed E-state index contributed by atoms with van der Waals surface area (Å²) in [5.74, 6) is 0.432. The van der Waals surface area contributed by atoms with Crippen LogP contribution in [0.1, 0.15) is 24.9 Å². The molecular formula is C21H22N4OS2. The first kappa shape index (κ1) is 19.0. The van der Waals surface area contributed by atoms with Crippen LogP contribution in [0.2, 0.25) is 0 Å². The van der Waals surface area contributed by atoms with Gasteiger partial charge in [-0.25, -0.2) is 9.97 Å². The van der Waals surface area contributed by atoms with Crippen LogP contribution < -0.4 is 0 Å². The van der Waals surface area contributed by atoms with E-state index >= 15 is 0 Å². The molecule has 2 aromatic carbocycles. The molecule has 0 aliphatic heterocycles. The summed E-state index contributed by atoms with van der Waals surface area (Å²) in [6, 6.07) is 16.1. The molecule has 0 spiro atoms. The minimum atomic E-state index is -0.0597. The lowest BCUT2D eigenvalue weighted by Gasteiger charge is -2.23. The van der Waals surface area contributed by atoms with E-state index in [4.69, 9.17) is 9.97 Å². The van der Waals surface area contributed by atoms with Crippen molar-refractivity contribution >= 4 is 50.3 Å². The molecule has 0 saturated heterocycles. The van der Waals surface area contributed by atoms with Gasteiger partial charge in [0.15, 0.2) is 5.16 Å². The van der Waals surface area contributed by atoms with Gasteiger partial charge in [-0.2, -0.15) is 0 Å². The molecule has 2 heterocycles. The third kappa shape index (κ3) is 3.52. The number of nitrogens with zero attached hydrogens (tertiary/aromatic N) is 4. The van der Waals surface area contributed by atoms with Crippen molar-refractivity contribution in [3.8, 4) is 0 Å². The van der Waals surface area contributed by atoms with Crippen molar-refractivity contribution in [2.24, 2.45) is 0 Å². The highest BCUT2D eigenvalue weighted by Gasteiger charge is 2.21. The van der Waals surface area contributed by atoms with Gasteiger partial charge in [0.25, 0.3) is 0 Å². The first-order chi connectivity index (χ1) is 13.6. The van der Waals surface area contributed by atoms with Crippen molar-refractivity contribution in [3.63, 3.8) is 0 Å². The largest absolute Gasteiger partial charge is 0.336 e. The summed E-state index contributed by atoms with van der Waals surface area (Å²) in [6.45, 7) is 4.96. The second-order valence-corrected chi connectivity index (χ2v) is 8.62. The number of fused-ring (bicyclic) bond motifs is 2. The highest BCUT2D eigenvalue weighted by Crippen LogP contribution is 2.30. The molecule has 0 fully saturated rings. The average Bonchev–Trinajstić information content (AvgIpc) is 3.31. The van der Waals surface area contributed by atoms with E-state index in [1.54, 1.807) is 16.2 Å². The maximum atomic E-state index is 12.8. The highest BCUT2D eigenvalue weighted by atomic mass is 32.2. The summed E-state index contributed by atoms with van der Waals surface area (Å²) in [6.07, 6.45) is 0. The second-order valence-electron chi connectivity index (χ2n) is 6.62. The minimum Gasteiger partial charge on any atom is -0.336 e. The van der Waals surface area contributed by atoms with Crippen molar-refractivity contribution in [2.75, 3.05) is 12.8 Å². The van der Waals surface area contributed by atoms with Gasteiger partial charge in [0.1, 0.15) is 5.01 Å². The quantitative estimate of drug-likeness (QED) is 0.421. The number of carbonyl (C=O) groups is 1. The van der Waals surface area contributed by atoms with Gasteiger partial charge in [0.05, 0.1) is 33.0 Å². The van der Waals surface area contributed by atoms with Gasteiger partial charge in [-0.3, -0.25) is 4.79 Å². The van der Waals surface area contributed by atoms with E-state index in [0.717, 1.165) is 38.0 Å². The van der Waals surface area contributed by atoms with E-state index in [1.807, 2.05) is 50.4 Å². The summed E-state index contributed by atoms with van der Waals surface area (Å²) in [4.78, 5) is 24.0. The fourth-order valence-corrected chi connectivity index (χ4v) is 5.21. The number of thiazole rings is 1. The number of amides is 1. The Kier molecular flexibility index (Phi) is 5.37. The SMILES string of the molecule is CCn1c(SCC(=O)N(C)[C@H](C)c2nc3ccccc3s2)nc2ccccc21. The second kappa shape index (κ2) is 7.93. The molecule has 4 aromatic rings. The number of thioether (sulfide) groups is 1. The number of imidazole rings is 1. The zero-order valence-corrected chi connectivity index (χ0v) is 17.8. The molecule has 0 N–H and O–H groups in total. The van der Waals surface area contributed by atoms with Crippen LogP contribution in [0.15, 0.2) is 53.7 Å². The van der Waals surface area contributed by atoms with Gasteiger partial charge in [0, 0.05) is 13.6 Å². The van der Waals surface area contributed by atoms with Gasteiger partial charge in [-0.15, -0.1) is 11.3 Å². The first-order valence-electron chi connectivity index (χ1n) is 9.27. The Morgan fingerprint density at radius 2 is 1.86 bits per heavy atom. The molecule has 28 heavy (non-hydrogen) atoms. The molecule has 0 aliphatic carbocycles. The summed E-state index contributed by atoms with van der Waals surface area (Å²) < 4.78 is 3.31. The molecule has 144 valence electrons. The predicted molar refractivity (Wildman–Crippen MR) is 117 cm³/mol. The number of rotatable bonds is 6. The van der Waals surface area contributed by atoms with E-state index in [0.29, 0.717) is 5.75 Å². The van der Waals surface area contributed by atoms with Crippen molar-refractivity contribution in [1.82, 2.24) is 19.4 Å². The Morgan fingerprint density at radius 3 is 2.61 bits per heavy atom. The lowest BCUT2D eigenvalue weighted by molar-refractivity contribution is -0.128. The zero-order valence-electron chi connectivity index (χ0n) is 16.1. The van der Waals surface area contributed by atoms with Crippen LogP contribution in [0.4, 0.5) is 0 Å². The monoisotopic (exact) mass is 410 g/mol. The molecule has 7 heteroatoms. The zero-order chi connectivity index (χ0) is 19.7. The van der Waals surface area contributed by atoms with Crippen LogP contribution in [0.25, 0.3) is 21.3 Å². The number of carbonyl (C=O) groups excluding carboxylic acids is 1. The number of para-hydroxylation sites is 3. The van der Waals surface area contributed by atoms with Crippen LogP contribution in [-0.2, 0) is 11.3 Å². The normalized spacial score (nSPS) is 12.5. The minimum absolute atomic E-state index is 0.0597. The third-order valence-electron chi connectivity index (χ3n) is 4.90. The van der Waals surface area contributed by atoms with Crippen LogP contribution in [-0.4, -0.2) is 38.1 Å². The first-order valence-corrected chi connectivity index (χ1v) is 11.1. The number of aryl methyl sites for hydroxylation is 1. The van der Waals surface area contributed by atoms with Crippen LogP contribution in [0, 0.1) is 0 Å². The van der Waals surface area contributed by atoms with E-state index < -0.39 is 0 Å². The van der Waals surface area contributed by atoms with Gasteiger partial charge in [-0.05, 0) is 38.1 Å². The summed E-state index contributed by atoms with van der Waals surface area (Å²) in [7, 11) is 1.85. The number of hydrogen-bond acceptors (Lipinski definition) is 5. The fourth-order valence-electron chi connectivity index (χ4n) is 3.15. The van der Waals surface area contributed by atoms with E-state index in [-0.39, 0.29) is 11.9 Å². The van der Waals surface area contributed by atoms with Crippen molar-refractivity contribution in [3.05, 3.63) is 53.5 Å². The molecule has 2 aromatic heterocycles. The molecule has 1 atom stereocenters. The molecule has 4 rings (SSSR count). The number of aromatic nitrogens is 3. The third-order valence-corrected chi connectivity index (χ3v) is 7.07. The number of benzene rings is 2. The van der Waals surface area contributed by atoms with Gasteiger partial charge in [-0.1, -0.05) is 36.0 Å². The molecule has 0 unspecified atom stereocenters. The Bertz CT molecular complexity index is 1100.